The normalized spacial score (nSPS) is 18.9. The van der Waals surface area contributed by atoms with Crippen LogP contribution in [0.1, 0.15) is 52.2 Å². The van der Waals surface area contributed by atoms with Crippen LogP contribution in [0.15, 0.2) is 36.4 Å². The lowest BCUT2D eigenvalue weighted by Gasteiger charge is -2.24. The summed E-state index contributed by atoms with van der Waals surface area (Å²) in [7, 11) is 3.36. The number of methoxy groups -OCH3 is 1. The number of imidazole rings is 1. The topological polar surface area (TPSA) is 56.6 Å². The van der Waals surface area contributed by atoms with Crippen molar-refractivity contribution in [3.05, 3.63) is 58.9 Å². The van der Waals surface area contributed by atoms with Gasteiger partial charge in [-0.15, -0.1) is 0 Å². The maximum Gasteiger partial charge on any atom is 0.387 e. The average molecular weight is 437 g/mol. The van der Waals surface area contributed by atoms with Gasteiger partial charge in [0.15, 0.2) is 0 Å². The van der Waals surface area contributed by atoms with Gasteiger partial charge in [-0.1, -0.05) is 17.9 Å². The van der Waals surface area contributed by atoms with Gasteiger partial charge < -0.3 is 18.9 Å². The molecule has 32 heavy (non-hydrogen) atoms. The number of nitrogens with zero attached hydrogens (tertiary/aromatic N) is 3. The molecule has 2 atom stereocenters. The van der Waals surface area contributed by atoms with Crippen LogP contribution in [0.2, 0.25) is 0 Å². The smallest absolute Gasteiger partial charge is 0.387 e. The van der Waals surface area contributed by atoms with Gasteiger partial charge in [0.2, 0.25) is 0 Å². The van der Waals surface area contributed by atoms with E-state index in [1.807, 2.05) is 22.8 Å². The summed E-state index contributed by atoms with van der Waals surface area (Å²) >= 11 is 0. The van der Waals surface area contributed by atoms with E-state index in [0.717, 1.165) is 22.4 Å². The summed E-state index contributed by atoms with van der Waals surface area (Å²) in [6.07, 6.45) is 1.17. The molecule has 6 nitrogen and oxygen atoms in total. The number of fused-ring (bicyclic) bond motifs is 9. The fourth-order valence-electron chi connectivity index (χ4n) is 4.67. The van der Waals surface area contributed by atoms with Crippen LogP contribution in [0.4, 0.5) is 8.78 Å². The van der Waals surface area contributed by atoms with Crippen molar-refractivity contribution in [2.45, 2.75) is 31.5 Å². The number of rotatable bonds is 4. The second-order valence-electron chi connectivity index (χ2n) is 7.87. The summed E-state index contributed by atoms with van der Waals surface area (Å²) in [4.78, 5) is 19.6. The van der Waals surface area contributed by atoms with Crippen molar-refractivity contribution in [1.29, 1.82) is 0 Å². The summed E-state index contributed by atoms with van der Waals surface area (Å²) < 4.78 is 38.2. The van der Waals surface area contributed by atoms with Crippen LogP contribution >= 0.6 is 0 Å². The molecule has 2 aliphatic heterocycles. The van der Waals surface area contributed by atoms with Gasteiger partial charge in [0.05, 0.1) is 29.7 Å². The zero-order valence-electron chi connectivity index (χ0n) is 17.6. The van der Waals surface area contributed by atoms with Gasteiger partial charge >= 0.3 is 6.61 Å². The minimum Gasteiger partial charge on any atom is -0.434 e. The molecule has 0 radical (unpaired) electrons. The molecular formula is C24H21F2N3O3. The van der Waals surface area contributed by atoms with Gasteiger partial charge in [-0.25, -0.2) is 4.98 Å². The second-order valence-corrected chi connectivity index (χ2v) is 7.87. The third kappa shape index (κ3) is 3.21. The number of halogens is 2. The van der Waals surface area contributed by atoms with E-state index in [1.54, 1.807) is 31.2 Å². The van der Waals surface area contributed by atoms with E-state index < -0.39 is 6.61 Å². The summed E-state index contributed by atoms with van der Waals surface area (Å²) in [5, 5.41) is 0. The molecule has 5 rings (SSSR count). The fourth-order valence-corrected chi connectivity index (χ4v) is 4.67. The molecule has 2 bridgehead atoms. The predicted octanol–water partition coefficient (Wildman–Crippen LogP) is 4.15. The molecule has 3 aromatic rings. The third-order valence-corrected chi connectivity index (χ3v) is 6.07. The molecule has 1 aromatic heterocycles. The third-order valence-electron chi connectivity index (χ3n) is 6.07. The highest BCUT2D eigenvalue weighted by molar-refractivity contribution is 5.97. The first-order chi connectivity index (χ1) is 15.5. The van der Waals surface area contributed by atoms with Crippen LogP contribution in [0.25, 0.3) is 11.0 Å². The Balaban J connectivity index is 1.69. The van der Waals surface area contributed by atoms with E-state index in [0.29, 0.717) is 30.6 Å². The number of hydrogen-bond acceptors (Lipinski definition) is 4. The van der Waals surface area contributed by atoms with E-state index in [4.69, 9.17) is 14.5 Å². The van der Waals surface area contributed by atoms with Gasteiger partial charge in [0.1, 0.15) is 11.6 Å². The molecule has 1 amide bonds. The quantitative estimate of drug-likeness (QED) is 0.455. The van der Waals surface area contributed by atoms with Crippen LogP contribution in [0.3, 0.4) is 0 Å². The molecule has 0 saturated heterocycles. The second kappa shape index (κ2) is 7.92. The Hall–Kier alpha value is -3.44. The van der Waals surface area contributed by atoms with Gasteiger partial charge in [-0.2, -0.15) is 8.78 Å². The molecule has 3 heterocycles. The standard InChI is InChI=1S/C24H21F2N3O3/c1-28-19-13-18(21-15(23(28)30)7-5-8-20(21)32-24(25)26)29-17-12-14(6-3-4-11-31-2)9-10-16(17)27-22(19)29/h5,7-10,12,18-19,24H,4,11,13H2,1-2H3. The minimum atomic E-state index is -2.98. The molecule has 0 fully saturated rings. The van der Waals surface area contributed by atoms with E-state index in [9.17, 15) is 13.6 Å². The molecule has 164 valence electrons. The number of benzene rings is 2. The zero-order valence-corrected chi connectivity index (χ0v) is 17.6. The highest BCUT2D eigenvalue weighted by atomic mass is 19.3. The maximum atomic E-state index is 13.2. The lowest BCUT2D eigenvalue weighted by atomic mass is 9.97. The van der Waals surface area contributed by atoms with Crippen molar-refractivity contribution in [2.75, 3.05) is 20.8 Å². The summed E-state index contributed by atoms with van der Waals surface area (Å²) in [5.74, 6) is 6.75. The number of amides is 1. The zero-order chi connectivity index (χ0) is 22.4. The predicted molar refractivity (Wildman–Crippen MR) is 114 cm³/mol. The van der Waals surface area contributed by atoms with Crippen LogP contribution in [0.5, 0.6) is 5.75 Å². The monoisotopic (exact) mass is 437 g/mol. The number of hydrogen-bond donors (Lipinski definition) is 0. The van der Waals surface area contributed by atoms with Gasteiger partial charge in [0.25, 0.3) is 5.91 Å². The van der Waals surface area contributed by atoms with Crippen molar-refractivity contribution in [2.24, 2.45) is 0 Å². The number of alkyl halides is 2. The van der Waals surface area contributed by atoms with E-state index >= 15 is 0 Å². The van der Waals surface area contributed by atoms with Crippen molar-refractivity contribution in [1.82, 2.24) is 14.5 Å². The van der Waals surface area contributed by atoms with Crippen LogP contribution in [0, 0.1) is 11.8 Å². The van der Waals surface area contributed by atoms with Crippen molar-refractivity contribution in [3.8, 4) is 17.6 Å². The highest BCUT2D eigenvalue weighted by Crippen LogP contribution is 2.49. The van der Waals surface area contributed by atoms with Crippen LogP contribution in [-0.2, 0) is 4.74 Å². The Morgan fingerprint density at radius 3 is 2.88 bits per heavy atom. The van der Waals surface area contributed by atoms with Crippen LogP contribution in [-0.4, -0.2) is 47.7 Å². The molecule has 0 saturated carbocycles. The van der Waals surface area contributed by atoms with Crippen molar-refractivity contribution >= 4 is 16.9 Å². The first-order valence-electron chi connectivity index (χ1n) is 10.3. The highest BCUT2D eigenvalue weighted by Gasteiger charge is 2.44. The van der Waals surface area contributed by atoms with E-state index in [-0.39, 0.29) is 23.7 Å². The lowest BCUT2D eigenvalue weighted by molar-refractivity contribution is -0.0507. The Morgan fingerprint density at radius 2 is 2.09 bits per heavy atom. The van der Waals surface area contributed by atoms with E-state index in [1.165, 1.54) is 6.07 Å². The Kier molecular flexibility index (Phi) is 5.06. The Bertz CT molecular complexity index is 1270. The fraction of sp³-hybridized carbons (Fsp3) is 0.333. The van der Waals surface area contributed by atoms with Gasteiger partial charge in [0, 0.05) is 43.7 Å². The molecule has 8 heteroatoms. The lowest BCUT2D eigenvalue weighted by Crippen LogP contribution is -2.30. The van der Waals surface area contributed by atoms with Gasteiger partial charge in [-0.3, -0.25) is 4.79 Å². The largest absolute Gasteiger partial charge is 0.434 e. The molecule has 2 aliphatic rings. The number of aromatic nitrogens is 2. The molecule has 0 N–H and O–H groups in total. The summed E-state index contributed by atoms with van der Waals surface area (Å²) in [5.41, 5.74) is 3.31. The van der Waals surface area contributed by atoms with Crippen molar-refractivity contribution in [3.63, 3.8) is 0 Å². The maximum absolute atomic E-state index is 13.2. The Labute approximate surface area is 183 Å². The number of carbonyl (C=O) groups is 1. The Morgan fingerprint density at radius 1 is 1.25 bits per heavy atom. The summed E-state index contributed by atoms with van der Waals surface area (Å²) in [6, 6.07) is 9.88. The van der Waals surface area contributed by atoms with Crippen molar-refractivity contribution < 1.29 is 23.0 Å². The molecule has 2 aromatic carbocycles. The number of carbonyl (C=O) groups excluding carboxylic acids is 1. The first kappa shape index (κ1) is 20.5. The first-order valence-corrected chi connectivity index (χ1v) is 10.3. The summed E-state index contributed by atoms with van der Waals surface area (Å²) in [6.45, 7) is -2.42. The van der Waals surface area contributed by atoms with Gasteiger partial charge in [-0.05, 0) is 30.3 Å². The van der Waals surface area contributed by atoms with E-state index in [2.05, 4.69) is 11.8 Å². The molecule has 0 spiro atoms. The average Bonchev–Trinajstić information content (AvgIpc) is 3.29. The molecule has 0 aliphatic carbocycles. The SMILES string of the molecule is COCCC#Cc1ccc2nc3n(c2c1)C1CC3N(C)C(=O)c2cccc(OC(F)F)c21. The molecular weight excluding hydrogens is 416 g/mol. The van der Waals surface area contributed by atoms with Crippen LogP contribution < -0.4 is 4.74 Å². The minimum absolute atomic E-state index is 0.0233. The molecule has 2 unspecified atom stereocenters. The number of ether oxygens (including phenoxy) is 2.